The number of fused-ring (bicyclic) bond motifs is 2. The topological polar surface area (TPSA) is 71.4 Å². The minimum atomic E-state index is -0.464. The van der Waals surface area contributed by atoms with Gasteiger partial charge in [0.1, 0.15) is 6.54 Å². The van der Waals surface area contributed by atoms with Crippen molar-refractivity contribution >= 4 is 84.8 Å². The van der Waals surface area contributed by atoms with Gasteiger partial charge in [0.2, 0.25) is 5.91 Å². The number of imide groups is 1. The van der Waals surface area contributed by atoms with Gasteiger partial charge in [0.15, 0.2) is 0 Å². The first-order chi connectivity index (χ1) is 19.0. The highest BCUT2D eigenvalue weighted by Gasteiger charge is 2.36. The van der Waals surface area contributed by atoms with E-state index in [0.29, 0.717) is 17.1 Å². The van der Waals surface area contributed by atoms with Crippen LogP contribution in [0.5, 0.6) is 0 Å². The van der Waals surface area contributed by atoms with Crippen LogP contribution in [0.2, 0.25) is 0 Å². The molecule has 39 heavy (non-hydrogen) atoms. The van der Waals surface area contributed by atoms with Crippen LogP contribution in [0.4, 0.5) is 10.5 Å². The fourth-order valence-corrected chi connectivity index (χ4v) is 5.98. The number of hydrogen-bond donors (Lipinski definition) is 1. The number of aromatic nitrogens is 1. The fraction of sp³-hybridized carbons (Fsp3) is 0.0645. The third-order valence-electron chi connectivity index (χ3n) is 6.63. The van der Waals surface area contributed by atoms with Crippen molar-refractivity contribution in [3.63, 3.8) is 0 Å². The van der Waals surface area contributed by atoms with Crippen molar-refractivity contribution in [2.75, 3.05) is 11.9 Å². The van der Waals surface area contributed by atoms with Gasteiger partial charge >= 0.3 is 0 Å². The number of anilines is 1. The van der Waals surface area contributed by atoms with Gasteiger partial charge in [-0.25, -0.2) is 0 Å². The number of rotatable bonds is 6. The highest BCUT2D eigenvalue weighted by molar-refractivity contribution is 14.1. The van der Waals surface area contributed by atoms with Crippen LogP contribution in [0.15, 0.2) is 102 Å². The van der Waals surface area contributed by atoms with Crippen LogP contribution in [0.25, 0.3) is 27.8 Å². The van der Waals surface area contributed by atoms with Crippen LogP contribution in [0.1, 0.15) is 11.1 Å². The highest BCUT2D eigenvalue weighted by Crippen LogP contribution is 2.34. The number of halogens is 1. The summed E-state index contributed by atoms with van der Waals surface area (Å²) in [5, 5.41) is 5.66. The number of amides is 3. The Bertz CT molecular complexity index is 1790. The maximum Gasteiger partial charge on any atom is 0.294 e. The van der Waals surface area contributed by atoms with Crippen molar-refractivity contribution in [3.8, 4) is 0 Å². The molecule has 1 aliphatic rings. The molecule has 1 fully saturated rings. The average Bonchev–Trinajstić information content (AvgIpc) is 3.42. The first kappa shape index (κ1) is 25.4. The second-order valence-electron chi connectivity index (χ2n) is 9.19. The predicted octanol–water partition coefficient (Wildman–Crippen LogP) is 7.12. The molecule has 8 heteroatoms. The third-order valence-corrected chi connectivity index (χ3v) is 8.26. The van der Waals surface area contributed by atoms with E-state index in [1.807, 2.05) is 48.7 Å². The molecule has 6 rings (SSSR count). The lowest BCUT2D eigenvalue weighted by Gasteiger charge is -2.12. The van der Waals surface area contributed by atoms with Crippen LogP contribution in [0.3, 0.4) is 0 Å². The summed E-state index contributed by atoms with van der Waals surface area (Å²) in [7, 11) is 0. The Balaban J connectivity index is 1.26. The Hall–Kier alpha value is -3.89. The summed E-state index contributed by atoms with van der Waals surface area (Å²) in [6.45, 7) is 0.326. The van der Waals surface area contributed by atoms with Gasteiger partial charge in [-0.3, -0.25) is 19.3 Å². The molecule has 0 saturated carbocycles. The van der Waals surface area contributed by atoms with Crippen LogP contribution >= 0.6 is 34.4 Å². The van der Waals surface area contributed by atoms with E-state index in [1.54, 1.807) is 18.2 Å². The monoisotopic (exact) mass is 643 g/mol. The first-order valence-electron chi connectivity index (χ1n) is 12.3. The molecule has 0 bridgehead atoms. The van der Waals surface area contributed by atoms with Gasteiger partial charge in [-0.15, -0.1) is 0 Å². The second-order valence-corrected chi connectivity index (χ2v) is 11.4. The van der Waals surface area contributed by atoms with Gasteiger partial charge < -0.3 is 9.88 Å². The Morgan fingerprint density at radius 3 is 2.41 bits per heavy atom. The number of nitrogens with zero attached hydrogens (tertiary/aromatic N) is 2. The van der Waals surface area contributed by atoms with Gasteiger partial charge in [0.25, 0.3) is 11.1 Å². The molecule has 0 atom stereocenters. The maximum atomic E-state index is 13.2. The number of hydrogen-bond acceptors (Lipinski definition) is 4. The SMILES string of the molecule is O=C(CN1C(=O)S/C(=C\c2cn(Cc3cccc4ccccc34)c3ccccc23)C1=O)Nc1ccc(I)cc1. The standard InChI is InChI=1S/C31H22IN3O3S/c32-23-12-14-24(15-13-23)33-29(36)19-35-30(37)28(39-31(35)38)16-22-18-34(27-11-4-3-10-26(22)27)17-21-8-5-7-20-6-1-2-9-25(20)21/h1-16,18H,17,19H2,(H,33,36)/b28-16-. The second kappa shape index (κ2) is 10.7. The number of para-hydroxylation sites is 1. The minimum Gasteiger partial charge on any atom is -0.342 e. The molecule has 1 saturated heterocycles. The lowest BCUT2D eigenvalue weighted by Crippen LogP contribution is -2.36. The van der Waals surface area contributed by atoms with Crippen LogP contribution < -0.4 is 5.32 Å². The van der Waals surface area contributed by atoms with E-state index in [9.17, 15) is 14.4 Å². The molecule has 4 aromatic carbocycles. The molecule has 1 aliphatic heterocycles. The zero-order valence-corrected chi connectivity index (χ0v) is 23.6. The Morgan fingerprint density at radius 2 is 1.59 bits per heavy atom. The van der Waals surface area contributed by atoms with Gasteiger partial charge in [0, 0.05) is 38.5 Å². The predicted molar refractivity (Wildman–Crippen MR) is 165 cm³/mol. The largest absolute Gasteiger partial charge is 0.342 e. The van der Waals surface area contributed by atoms with E-state index in [-0.39, 0.29) is 6.54 Å². The Kier molecular flexibility index (Phi) is 6.97. The molecule has 0 unspecified atom stereocenters. The lowest BCUT2D eigenvalue weighted by atomic mass is 10.0. The first-order valence-corrected chi connectivity index (χ1v) is 14.2. The molecule has 3 amide bonds. The molecule has 5 aromatic rings. The summed E-state index contributed by atoms with van der Waals surface area (Å²) in [5.74, 6) is -0.889. The van der Waals surface area contributed by atoms with Gasteiger partial charge in [0.05, 0.1) is 4.91 Å². The summed E-state index contributed by atoms with van der Waals surface area (Å²) >= 11 is 3.04. The Morgan fingerprint density at radius 1 is 0.872 bits per heavy atom. The molecule has 0 radical (unpaired) electrons. The van der Waals surface area contributed by atoms with E-state index in [2.05, 4.69) is 68.9 Å². The highest BCUT2D eigenvalue weighted by atomic mass is 127. The number of thioether (sulfide) groups is 1. The summed E-state index contributed by atoms with van der Waals surface area (Å²) in [6.07, 6.45) is 3.77. The van der Waals surface area contributed by atoms with E-state index in [0.717, 1.165) is 36.7 Å². The zero-order chi connectivity index (χ0) is 26.9. The summed E-state index contributed by atoms with van der Waals surface area (Å²) < 4.78 is 3.21. The molecule has 0 spiro atoms. The van der Waals surface area contributed by atoms with E-state index < -0.39 is 17.1 Å². The van der Waals surface area contributed by atoms with E-state index >= 15 is 0 Å². The number of carbonyl (C=O) groups excluding carboxylic acids is 3. The molecule has 2 heterocycles. The molecule has 1 N–H and O–H groups in total. The Labute approximate surface area is 242 Å². The molecule has 6 nitrogen and oxygen atoms in total. The van der Waals surface area contributed by atoms with Gasteiger partial charge in [-0.05, 0) is 87.1 Å². The van der Waals surface area contributed by atoms with Crippen molar-refractivity contribution < 1.29 is 14.4 Å². The maximum absolute atomic E-state index is 13.2. The number of nitrogens with one attached hydrogen (secondary N) is 1. The smallest absolute Gasteiger partial charge is 0.294 e. The molecule has 0 aliphatic carbocycles. The third kappa shape index (κ3) is 5.22. The quantitative estimate of drug-likeness (QED) is 0.158. The van der Waals surface area contributed by atoms with Crippen molar-refractivity contribution in [2.45, 2.75) is 6.54 Å². The average molecular weight is 644 g/mol. The van der Waals surface area contributed by atoms with Gasteiger partial charge in [-0.2, -0.15) is 0 Å². The summed E-state index contributed by atoms with van der Waals surface area (Å²) in [6, 6.07) is 29.9. The lowest BCUT2D eigenvalue weighted by molar-refractivity contribution is -0.127. The molecular weight excluding hydrogens is 621 g/mol. The van der Waals surface area contributed by atoms with Crippen LogP contribution in [-0.4, -0.2) is 33.1 Å². The van der Waals surface area contributed by atoms with Crippen molar-refractivity contribution in [3.05, 3.63) is 117 Å². The van der Waals surface area contributed by atoms with E-state index in [4.69, 9.17) is 0 Å². The van der Waals surface area contributed by atoms with Crippen LogP contribution in [0, 0.1) is 3.57 Å². The van der Waals surface area contributed by atoms with Crippen molar-refractivity contribution in [1.82, 2.24) is 9.47 Å². The van der Waals surface area contributed by atoms with Crippen molar-refractivity contribution in [2.24, 2.45) is 0 Å². The van der Waals surface area contributed by atoms with Gasteiger partial charge in [-0.1, -0.05) is 60.7 Å². The molecular formula is C31H22IN3O3S. The van der Waals surface area contributed by atoms with E-state index in [1.165, 1.54) is 16.3 Å². The minimum absolute atomic E-state index is 0.301. The molecule has 1 aromatic heterocycles. The fourth-order valence-electron chi connectivity index (χ4n) is 4.79. The summed E-state index contributed by atoms with van der Waals surface area (Å²) in [5.41, 5.74) is 3.69. The number of benzene rings is 4. The van der Waals surface area contributed by atoms with Crippen molar-refractivity contribution in [1.29, 1.82) is 0 Å². The number of carbonyl (C=O) groups is 3. The normalized spacial score (nSPS) is 14.6. The van der Waals surface area contributed by atoms with Crippen LogP contribution in [-0.2, 0) is 16.1 Å². The summed E-state index contributed by atoms with van der Waals surface area (Å²) in [4.78, 5) is 39.7. The molecule has 192 valence electrons. The zero-order valence-electron chi connectivity index (χ0n) is 20.6.